The fraction of sp³-hybridized carbons (Fsp3) is 0.467. The molecule has 0 unspecified atom stereocenters. The van der Waals surface area contributed by atoms with Gasteiger partial charge in [0.25, 0.3) is 0 Å². The average molecular weight is 263 g/mol. The molecule has 0 bridgehead atoms. The topological polar surface area (TPSA) is 66.4 Å². The summed E-state index contributed by atoms with van der Waals surface area (Å²) in [5.74, 6) is -0.139. The van der Waals surface area contributed by atoms with Gasteiger partial charge in [0.15, 0.2) is 5.78 Å². The van der Waals surface area contributed by atoms with E-state index in [0.717, 1.165) is 37.7 Å². The van der Waals surface area contributed by atoms with Gasteiger partial charge in [-0.25, -0.2) is 5.48 Å². The highest BCUT2D eigenvalue weighted by Crippen LogP contribution is 2.10. The summed E-state index contributed by atoms with van der Waals surface area (Å²) in [7, 11) is 0. The van der Waals surface area contributed by atoms with Gasteiger partial charge in [0, 0.05) is 18.4 Å². The smallest absolute Gasteiger partial charge is 0.243 e. The molecule has 0 heterocycles. The maximum Gasteiger partial charge on any atom is 0.243 e. The van der Waals surface area contributed by atoms with Crippen LogP contribution in [0.4, 0.5) is 0 Å². The van der Waals surface area contributed by atoms with Gasteiger partial charge in [0.2, 0.25) is 5.91 Å². The molecule has 0 saturated heterocycles. The van der Waals surface area contributed by atoms with E-state index in [0.29, 0.717) is 12.8 Å². The summed E-state index contributed by atoms with van der Waals surface area (Å²) in [5.41, 5.74) is 2.40. The summed E-state index contributed by atoms with van der Waals surface area (Å²) in [6.07, 6.45) is 5.58. The van der Waals surface area contributed by atoms with E-state index < -0.39 is 0 Å². The first-order valence-corrected chi connectivity index (χ1v) is 6.75. The predicted octanol–water partition coefficient (Wildman–Crippen LogP) is 3.11. The van der Waals surface area contributed by atoms with Gasteiger partial charge in [-0.15, -0.1) is 0 Å². The standard InChI is InChI=1S/C15H21NO3/c17-14(13-9-5-4-6-10-13)11-7-2-1-3-8-12-15(18)16-19/h4-6,9-10,19H,1-3,7-8,11-12H2,(H,16,18). The number of ketones is 1. The Balaban J connectivity index is 2.02. The van der Waals surface area contributed by atoms with Crippen LogP contribution in [0.15, 0.2) is 30.3 Å². The molecule has 1 aromatic carbocycles. The number of rotatable bonds is 9. The van der Waals surface area contributed by atoms with Crippen LogP contribution < -0.4 is 5.48 Å². The van der Waals surface area contributed by atoms with Gasteiger partial charge in [0.1, 0.15) is 0 Å². The molecule has 0 saturated carbocycles. The molecule has 19 heavy (non-hydrogen) atoms. The number of carbonyl (C=O) groups excluding carboxylic acids is 2. The average Bonchev–Trinajstić information content (AvgIpc) is 2.46. The maximum absolute atomic E-state index is 11.8. The summed E-state index contributed by atoms with van der Waals surface area (Å²) < 4.78 is 0. The molecule has 0 spiro atoms. The Morgan fingerprint density at radius 3 is 2.11 bits per heavy atom. The third-order valence-electron chi connectivity index (χ3n) is 3.03. The number of nitrogens with one attached hydrogen (secondary N) is 1. The summed E-state index contributed by atoms with van der Waals surface area (Å²) in [5, 5.41) is 8.31. The second-order valence-corrected chi connectivity index (χ2v) is 4.59. The lowest BCUT2D eigenvalue weighted by atomic mass is 10.0. The summed E-state index contributed by atoms with van der Waals surface area (Å²) in [6.45, 7) is 0. The lowest BCUT2D eigenvalue weighted by Gasteiger charge is -2.02. The molecule has 1 aromatic rings. The first-order valence-electron chi connectivity index (χ1n) is 6.75. The Hall–Kier alpha value is -1.68. The fourth-order valence-electron chi connectivity index (χ4n) is 1.93. The van der Waals surface area contributed by atoms with Crippen molar-refractivity contribution in [1.29, 1.82) is 0 Å². The molecule has 0 atom stereocenters. The van der Waals surface area contributed by atoms with Gasteiger partial charge in [-0.3, -0.25) is 14.8 Å². The van der Waals surface area contributed by atoms with Gasteiger partial charge in [-0.1, -0.05) is 49.6 Å². The lowest BCUT2D eigenvalue weighted by Crippen LogP contribution is -2.17. The Bertz CT molecular complexity index is 390. The minimum atomic E-state index is -0.334. The monoisotopic (exact) mass is 263 g/mol. The molecule has 0 fully saturated rings. The van der Waals surface area contributed by atoms with Crippen molar-refractivity contribution in [2.75, 3.05) is 0 Å². The Labute approximate surface area is 113 Å². The molecule has 4 nitrogen and oxygen atoms in total. The molecule has 0 aromatic heterocycles. The maximum atomic E-state index is 11.8. The van der Waals surface area contributed by atoms with E-state index in [4.69, 9.17) is 5.21 Å². The number of carbonyl (C=O) groups is 2. The largest absolute Gasteiger partial charge is 0.294 e. The molecule has 1 amide bonds. The molecule has 104 valence electrons. The SMILES string of the molecule is O=C(CCCCCCCC(=O)c1ccccc1)NO. The van der Waals surface area contributed by atoms with E-state index >= 15 is 0 Å². The van der Waals surface area contributed by atoms with Crippen molar-refractivity contribution in [2.45, 2.75) is 44.9 Å². The van der Waals surface area contributed by atoms with E-state index in [1.807, 2.05) is 30.3 Å². The minimum absolute atomic E-state index is 0.195. The van der Waals surface area contributed by atoms with Crippen molar-refractivity contribution in [1.82, 2.24) is 5.48 Å². The Morgan fingerprint density at radius 1 is 0.895 bits per heavy atom. The van der Waals surface area contributed by atoms with Gasteiger partial charge >= 0.3 is 0 Å². The zero-order valence-electron chi connectivity index (χ0n) is 11.1. The van der Waals surface area contributed by atoms with Crippen molar-refractivity contribution in [3.05, 3.63) is 35.9 Å². The van der Waals surface area contributed by atoms with E-state index in [-0.39, 0.29) is 11.7 Å². The van der Waals surface area contributed by atoms with Crippen LogP contribution in [0, 0.1) is 0 Å². The van der Waals surface area contributed by atoms with Crippen LogP contribution >= 0.6 is 0 Å². The molecule has 1 rings (SSSR count). The van der Waals surface area contributed by atoms with E-state index in [1.165, 1.54) is 0 Å². The van der Waals surface area contributed by atoms with Crippen molar-refractivity contribution >= 4 is 11.7 Å². The second-order valence-electron chi connectivity index (χ2n) is 4.59. The molecule has 0 aliphatic carbocycles. The van der Waals surface area contributed by atoms with Crippen molar-refractivity contribution in [2.24, 2.45) is 0 Å². The van der Waals surface area contributed by atoms with Crippen LogP contribution in [-0.2, 0) is 4.79 Å². The van der Waals surface area contributed by atoms with Crippen molar-refractivity contribution in [3.63, 3.8) is 0 Å². The molecular weight excluding hydrogens is 242 g/mol. The zero-order chi connectivity index (χ0) is 13.9. The number of benzene rings is 1. The van der Waals surface area contributed by atoms with Gasteiger partial charge < -0.3 is 0 Å². The highest BCUT2D eigenvalue weighted by molar-refractivity contribution is 5.95. The highest BCUT2D eigenvalue weighted by Gasteiger charge is 2.04. The third-order valence-corrected chi connectivity index (χ3v) is 3.03. The lowest BCUT2D eigenvalue weighted by molar-refractivity contribution is -0.129. The van der Waals surface area contributed by atoms with Gasteiger partial charge in [-0.05, 0) is 12.8 Å². The van der Waals surface area contributed by atoms with Gasteiger partial charge in [0.05, 0.1) is 0 Å². The van der Waals surface area contributed by atoms with Crippen LogP contribution in [0.2, 0.25) is 0 Å². The van der Waals surface area contributed by atoms with E-state index in [9.17, 15) is 9.59 Å². The molecule has 4 heteroatoms. The number of unbranched alkanes of at least 4 members (excludes halogenated alkanes) is 4. The Kier molecular flexibility index (Phi) is 7.51. The quantitative estimate of drug-likeness (QED) is 0.311. The number of hydrogen-bond donors (Lipinski definition) is 2. The fourth-order valence-corrected chi connectivity index (χ4v) is 1.93. The Morgan fingerprint density at radius 2 is 1.47 bits per heavy atom. The molecular formula is C15H21NO3. The predicted molar refractivity (Wildman–Crippen MR) is 73.0 cm³/mol. The van der Waals surface area contributed by atoms with E-state index in [2.05, 4.69) is 0 Å². The van der Waals surface area contributed by atoms with Crippen LogP contribution in [0.1, 0.15) is 55.3 Å². The summed E-state index contributed by atoms with van der Waals surface area (Å²) >= 11 is 0. The second kappa shape index (κ2) is 9.28. The number of Topliss-reactive ketones (excluding diaryl/α,β-unsaturated/α-hetero) is 1. The minimum Gasteiger partial charge on any atom is -0.294 e. The van der Waals surface area contributed by atoms with E-state index in [1.54, 1.807) is 5.48 Å². The first kappa shape index (κ1) is 15.4. The number of amides is 1. The van der Waals surface area contributed by atoms with Crippen LogP contribution in [0.3, 0.4) is 0 Å². The zero-order valence-corrected chi connectivity index (χ0v) is 11.1. The summed E-state index contributed by atoms with van der Waals surface area (Å²) in [4.78, 5) is 22.5. The van der Waals surface area contributed by atoms with Crippen molar-refractivity contribution in [3.8, 4) is 0 Å². The molecule has 0 radical (unpaired) electrons. The van der Waals surface area contributed by atoms with Crippen LogP contribution in [0.25, 0.3) is 0 Å². The number of hydroxylamine groups is 1. The third kappa shape index (κ3) is 6.72. The number of hydrogen-bond acceptors (Lipinski definition) is 3. The van der Waals surface area contributed by atoms with Crippen LogP contribution in [-0.4, -0.2) is 16.9 Å². The van der Waals surface area contributed by atoms with Crippen molar-refractivity contribution < 1.29 is 14.8 Å². The first-order chi connectivity index (χ1) is 9.24. The van der Waals surface area contributed by atoms with Gasteiger partial charge in [-0.2, -0.15) is 0 Å². The molecule has 2 N–H and O–H groups in total. The normalized spacial score (nSPS) is 10.2. The summed E-state index contributed by atoms with van der Waals surface area (Å²) in [6, 6.07) is 9.34. The van der Waals surface area contributed by atoms with Crippen LogP contribution in [0.5, 0.6) is 0 Å². The molecule has 0 aliphatic rings. The highest BCUT2D eigenvalue weighted by atomic mass is 16.5. The molecule has 0 aliphatic heterocycles.